The van der Waals surface area contributed by atoms with Crippen molar-refractivity contribution >= 4 is 5.97 Å². The molecular formula is C15H24N2O2. The van der Waals surface area contributed by atoms with Gasteiger partial charge in [0.05, 0.1) is 6.42 Å². The second-order valence-electron chi connectivity index (χ2n) is 6.74. The number of carbonyl (C=O) groups is 1. The van der Waals surface area contributed by atoms with Gasteiger partial charge in [-0.1, -0.05) is 25.5 Å². The van der Waals surface area contributed by atoms with Crippen LogP contribution in [0.25, 0.3) is 0 Å². The molecule has 4 heterocycles. The first-order chi connectivity index (χ1) is 9.01. The monoisotopic (exact) mass is 264 g/mol. The van der Waals surface area contributed by atoms with E-state index >= 15 is 0 Å². The highest BCUT2D eigenvalue weighted by atomic mass is 16.4. The standard InChI is InChI=1S/C15H24N2O2/c1-11(2)15-9-16-5-6-17(10-15)8-12(7-16)13(15)3-4-14(18)19/h3,11-12H,4-10H2,1-2H3,(H,18,19)/b13-3+. The molecule has 1 N–H and O–H groups in total. The number of carboxylic acid groups (broad SMARTS) is 1. The van der Waals surface area contributed by atoms with E-state index in [1.165, 1.54) is 18.7 Å². The van der Waals surface area contributed by atoms with Crippen LogP contribution in [0.5, 0.6) is 0 Å². The molecule has 4 fully saturated rings. The van der Waals surface area contributed by atoms with Crippen molar-refractivity contribution in [3.05, 3.63) is 11.6 Å². The van der Waals surface area contributed by atoms with Crippen LogP contribution in [0.4, 0.5) is 0 Å². The first-order valence-electron chi connectivity index (χ1n) is 7.38. The maximum Gasteiger partial charge on any atom is 0.307 e. The minimum Gasteiger partial charge on any atom is -0.481 e. The predicted octanol–water partition coefficient (Wildman–Crippen LogP) is 1.29. The number of fused-ring (bicyclic) bond motifs is 1. The number of hydrogen-bond donors (Lipinski definition) is 1. The van der Waals surface area contributed by atoms with Crippen molar-refractivity contribution in [2.45, 2.75) is 20.3 Å². The molecule has 4 aliphatic rings. The molecule has 0 aliphatic carbocycles. The van der Waals surface area contributed by atoms with Crippen molar-refractivity contribution in [2.24, 2.45) is 17.3 Å². The first-order valence-corrected chi connectivity index (χ1v) is 7.38. The summed E-state index contributed by atoms with van der Waals surface area (Å²) in [6.45, 7) is 11.4. The second-order valence-corrected chi connectivity index (χ2v) is 6.74. The molecule has 0 aromatic heterocycles. The summed E-state index contributed by atoms with van der Waals surface area (Å²) in [5.74, 6) is 0.407. The lowest BCUT2D eigenvalue weighted by atomic mass is 9.62. The molecule has 4 saturated heterocycles. The molecule has 19 heavy (non-hydrogen) atoms. The van der Waals surface area contributed by atoms with Crippen molar-refractivity contribution in [3.63, 3.8) is 0 Å². The Morgan fingerprint density at radius 2 is 1.95 bits per heavy atom. The maximum absolute atomic E-state index is 10.9. The molecule has 2 atom stereocenters. The number of aliphatic carboxylic acids is 1. The van der Waals surface area contributed by atoms with Gasteiger partial charge in [0.2, 0.25) is 0 Å². The van der Waals surface area contributed by atoms with Gasteiger partial charge in [0.25, 0.3) is 0 Å². The third-order valence-corrected chi connectivity index (χ3v) is 5.32. The van der Waals surface area contributed by atoms with Gasteiger partial charge in [0, 0.05) is 50.6 Å². The highest BCUT2D eigenvalue weighted by Crippen LogP contribution is 2.49. The zero-order valence-corrected chi connectivity index (χ0v) is 11.9. The van der Waals surface area contributed by atoms with E-state index in [0.29, 0.717) is 11.8 Å². The number of nitrogens with zero attached hydrogens (tertiary/aromatic N) is 2. The molecule has 0 amide bonds. The Labute approximate surface area is 115 Å². The van der Waals surface area contributed by atoms with Gasteiger partial charge < -0.3 is 14.9 Å². The smallest absolute Gasteiger partial charge is 0.307 e. The van der Waals surface area contributed by atoms with E-state index < -0.39 is 5.97 Å². The Morgan fingerprint density at radius 1 is 1.37 bits per heavy atom. The third kappa shape index (κ3) is 2.11. The summed E-state index contributed by atoms with van der Waals surface area (Å²) in [6, 6.07) is 0. The molecule has 4 bridgehead atoms. The van der Waals surface area contributed by atoms with E-state index in [1.807, 2.05) is 6.08 Å². The van der Waals surface area contributed by atoms with Gasteiger partial charge in [0.15, 0.2) is 0 Å². The lowest BCUT2D eigenvalue weighted by Crippen LogP contribution is -2.58. The fourth-order valence-corrected chi connectivity index (χ4v) is 4.33. The minimum absolute atomic E-state index is 0.181. The molecule has 106 valence electrons. The molecule has 2 unspecified atom stereocenters. The van der Waals surface area contributed by atoms with Crippen molar-refractivity contribution in [1.82, 2.24) is 9.80 Å². The fraction of sp³-hybridized carbons (Fsp3) is 0.800. The van der Waals surface area contributed by atoms with Crippen LogP contribution in [0.1, 0.15) is 20.3 Å². The van der Waals surface area contributed by atoms with Crippen molar-refractivity contribution < 1.29 is 9.90 Å². The molecule has 0 radical (unpaired) electrons. The zero-order valence-electron chi connectivity index (χ0n) is 11.9. The number of piperidine rings is 2. The molecule has 0 saturated carbocycles. The van der Waals surface area contributed by atoms with Crippen LogP contribution in [0.3, 0.4) is 0 Å². The van der Waals surface area contributed by atoms with Gasteiger partial charge in [-0.3, -0.25) is 4.79 Å². The van der Waals surface area contributed by atoms with Gasteiger partial charge in [-0.2, -0.15) is 0 Å². The lowest BCUT2D eigenvalue weighted by Gasteiger charge is -2.54. The van der Waals surface area contributed by atoms with Gasteiger partial charge in [0.1, 0.15) is 0 Å². The Bertz CT molecular complexity index is 400. The Kier molecular flexibility index (Phi) is 3.18. The summed E-state index contributed by atoms with van der Waals surface area (Å²) in [7, 11) is 0. The lowest BCUT2D eigenvalue weighted by molar-refractivity contribution is -0.136. The predicted molar refractivity (Wildman–Crippen MR) is 74.0 cm³/mol. The summed E-state index contributed by atoms with van der Waals surface area (Å²) >= 11 is 0. The van der Waals surface area contributed by atoms with Gasteiger partial charge in [-0.05, 0) is 5.92 Å². The highest BCUT2D eigenvalue weighted by Gasteiger charge is 2.51. The van der Waals surface area contributed by atoms with E-state index in [2.05, 4.69) is 23.6 Å². The van der Waals surface area contributed by atoms with Crippen LogP contribution in [0, 0.1) is 17.3 Å². The molecule has 4 aliphatic heterocycles. The molecule has 0 aromatic carbocycles. The van der Waals surface area contributed by atoms with Crippen LogP contribution in [0.15, 0.2) is 11.6 Å². The normalized spacial score (nSPS) is 42.9. The zero-order chi connectivity index (χ0) is 13.6. The average Bonchev–Trinajstić information content (AvgIpc) is 2.56. The van der Waals surface area contributed by atoms with Crippen LogP contribution in [0.2, 0.25) is 0 Å². The Hall–Kier alpha value is -0.870. The topological polar surface area (TPSA) is 43.8 Å². The van der Waals surface area contributed by atoms with Crippen molar-refractivity contribution in [2.75, 3.05) is 39.3 Å². The van der Waals surface area contributed by atoms with Crippen molar-refractivity contribution in [3.8, 4) is 0 Å². The quantitative estimate of drug-likeness (QED) is 0.780. The summed E-state index contributed by atoms with van der Waals surface area (Å²) < 4.78 is 0. The summed E-state index contributed by atoms with van der Waals surface area (Å²) in [5.41, 5.74) is 1.63. The second kappa shape index (κ2) is 4.60. The molecular weight excluding hydrogens is 240 g/mol. The Morgan fingerprint density at radius 3 is 2.42 bits per heavy atom. The van der Waals surface area contributed by atoms with Crippen LogP contribution >= 0.6 is 0 Å². The Balaban J connectivity index is 1.99. The molecule has 4 rings (SSSR count). The van der Waals surface area contributed by atoms with Gasteiger partial charge in [-0.25, -0.2) is 0 Å². The molecule has 0 spiro atoms. The summed E-state index contributed by atoms with van der Waals surface area (Å²) in [4.78, 5) is 16.1. The number of carboxylic acids is 1. The van der Waals surface area contributed by atoms with E-state index in [4.69, 9.17) is 5.11 Å². The largest absolute Gasteiger partial charge is 0.481 e. The third-order valence-electron chi connectivity index (χ3n) is 5.32. The van der Waals surface area contributed by atoms with Gasteiger partial charge in [-0.15, -0.1) is 0 Å². The molecule has 0 aromatic rings. The molecule has 4 nitrogen and oxygen atoms in total. The van der Waals surface area contributed by atoms with E-state index in [9.17, 15) is 4.79 Å². The number of rotatable bonds is 3. The van der Waals surface area contributed by atoms with Crippen molar-refractivity contribution in [1.29, 1.82) is 0 Å². The van der Waals surface area contributed by atoms with Crippen LogP contribution in [-0.2, 0) is 4.79 Å². The highest BCUT2D eigenvalue weighted by molar-refractivity contribution is 5.69. The van der Waals surface area contributed by atoms with Crippen LogP contribution in [-0.4, -0.2) is 60.1 Å². The maximum atomic E-state index is 10.9. The minimum atomic E-state index is -0.710. The fourth-order valence-electron chi connectivity index (χ4n) is 4.33. The van der Waals surface area contributed by atoms with Gasteiger partial charge >= 0.3 is 5.97 Å². The van der Waals surface area contributed by atoms with E-state index in [0.717, 1.165) is 26.2 Å². The van der Waals surface area contributed by atoms with Crippen LogP contribution < -0.4 is 0 Å². The summed E-state index contributed by atoms with van der Waals surface area (Å²) in [6.07, 6.45) is 2.22. The first kappa shape index (κ1) is 13.1. The summed E-state index contributed by atoms with van der Waals surface area (Å²) in [5, 5.41) is 8.98. The van der Waals surface area contributed by atoms with E-state index in [1.54, 1.807) is 0 Å². The number of hydrogen-bond acceptors (Lipinski definition) is 3. The SMILES string of the molecule is CC(C)C12CN3CCN(CC(C3)/C1=C\CC(=O)O)C2. The molecule has 4 heteroatoms. The van der Waals surface area contributed by atoms with E-state index in [-0.39, 0.29) is 11.8 Å². The average molecular weight is 264 g/mol.